The summed E-state index contributed by atoms with van der Waals surface area (Å²) in [7, 11) is 3.35. The fraction of sp³-hybridized carbons (Fsp3) is 0.348. The van der Waals surface area contributed by atoms with Crippen molar-refractivity contribution in [3.8, 4) is 11.5 Å². The van der Waals surface area contributed by atoms with Crippen molar-refractivity contribution in [2.45, 2.75) is 32.4 Å². The van der Waals surface area contributed by atoms with Gasteiger partial charge in [0, 0.05) is 34.6 Å². The van der Waals surface area contributed by atoms with Crippen molar-refractivity contribution in [1.82, 2.24) is 4.90 Å². The maximum atomic E-state index is 12.2. The number of fused-ring (bicyclic) bond motifs is 1. The Morgan fingerprint density at radius 1 is 1.17 bits per heavy atom. The highest BCUT2D eigenvalue weighted by Gasteiger charge is 2.29. The van der Waals surface area contributed by atoms with Crippen molar-refractivity contribution in [3.05, 3.63) is 68.5 Å². The van der Waals surface area contributed by atoms with E-state index in [0.717, 1.165) is 53.0 Å². The van der Waals surface area contributed by atoms with Crippen molar-refractivity contribution in [2.75, 3.05) is 20.8 Å². The largest absolute Gasteiger partial charge is 0.497 e. The number of benzene rings is 2. The van der Waals surface area contributed by atoms with Crippen LogP contribution in [0.25, 0.3) is 11.0 Å². The molecule has 0 aliphatic carbocycles. The van der Waals surface area contributed by atoms with Crippen LogP contribution in [0.4, 0.5) is 0 Å². The zero-order chi connectivity index (χ0) is 20.5. The standard InChI is InChI=1S/C23H24ClNO4/c1-14-9-22-17(12-19(14)24)15(10-23(26)29-22)13-25-8-4-5-20(25)18-11-16(27-2)6-7-21(18)28-3/h6-7,9-12,20H,4-5,8,13H2,1-3H3/t20-/m0/s1. The molecule has 0 bridgehead atoms. The van der Waals surface area contributed by atoms with Gasteiger partial charge in [-0.25, -0.2) is 4.79 Å². The monoisotopic (exact) mass is 413 g/mol. The lowest BCUT2D eigenvalue weighted by Gasteiger charge is -2.27. The van der Waals surface area contributed by atoms with Crippen LogP contribution in [0.3, 0.4) is 0 Å². The molecule has 1 aliphatic rings. The molecule has 0 N–H and O–H groups in total. The second kappa shape index (κ2) is 8.09. The summed E-state index contributed by atoms with van der Waals surface area (Å²) in [6, 6.07) is 11.4. The van der Waals surface area contributed by atoms with Gasteiger partial charge in [-0.2, -0.15) is 0 Å². The smallest absolute Gasteiger partial charge is 0.336 e. The summed E-state index contributed by atoms with van der Waals surface area (Å²) >= 11 is 6.35. The van der Waals surface area contributed by atoms with E-state index in [-0.39, 0.29) is 11.7 Å². The Labute approximate surface area is 174 Å². The van der Waals surface area contributed by atoms with Crippen molar-refractivity contribution in [3.63, 3.8) is 0 Å². The number of hydrogen-bond acceptors (Lipinski definition) is 5. The van der Waals surface area contributed by atoms with Crippen LogP contribution in [0.2, 0.25) is 5.02 Å². The van der Waals surface area contributed by atoms with E-state index >= 15 is 0 Å². The number of ether oxygens (including phenoxy) is 2. The van der Waals surface area contributed by atoms with Crippen LogP contribution < -0.4 is 15.1 Å². The van der Waals surface area contributed by atoms with Gasteiger partial charge in [0.15, 0.2) is 0 Å². The molecule has 1 fully saturated rings. The number of halogens is 1. The molecule has 152 valence electrons. The van der Waals surface area contributed by atoms with Crippen LogP contribution in [-0.4, -0.2) is 25.7 Å². The number of aryl methyl sites for hydroxylation is 1. The van der Waals surface area contributed by atoms with Crippen LogP contribution in [-0.2, 0) is 6.54 Å². The minimum atomic E-state index is -0.344. The quantitative estimate of drug-likeness (QED) is 0.544. The number of nitrogens with zero attached hydrogens (tertiary/aromatic N) is 1. The number of hydrogen-bond donors (Lipinski definition) is 0. The lowest BCUT2D eigenvalue weighted by molar-refractivity contribution is 0.243. The van der Waals surface area contributed by atoms with Gasteiger partial charge in [0.25, 0.3) is 0 Å². The van der Waals surface area contributed by atoms with Crippen molar-refractivity contribution in [1.29, 1.82) is 0 Å². The minimum absolute atomic E-state index is 0.184. The lowest BCUT2D eigenvalue weighted by atomic mass is 10.0. The van der Waals surface area contributed by atoms with Gasteiger partial charge in [-0.15, -0.1) is 0 Å². The van der Waals surface area contributed by atoms with Gasteiger partial charge in [0.2, 0.25) is 0 Å². The first-order valence-corrected chi connectivity index (χ1v) is 10.1. The summed E-state index contributed by atoms with van der Waals surface area (Å²) in [5, 5.41) is 1.54. The first kappa shape index (κ1) is 19.8. The Hall–Kier alpha value is -2.50. The zero-order valence-electron chi connectivity index (χ0n) is 16.8. The van der Waals surface area contributed by atoms with Crippen molar-refractivity contribution < 1.29 is 13.9 Å². The van der Waals surface area contributed by atoms with E-state index in [1.165, 1.54) is 0 Å². The molecule has 2 aromatic carbocycles. The van der Waals surface area contributed by atoms with Crippen molar-refractivity contribution in [2.24, 2.45) is 0 Å². The molecule has 1 aliphatic heterocycles. The topological polar surface area (TPSA) is 51.9 Å². The van der Waals surface area contributed by atoms with Gasteiger partial charge in [0.05, 0.1) is 14.2 Å². The third-order valence-corrected chi connectivity index (χ3v) is 6.05. The molecule has 4 rings (SSSR count). The van der Waals surface area contributed by atoms with Crippen molar-refractivity contribution >= 4 is 22.6 Å². The average molecular weight is 414 g/mol. The first-order valence-electron chi connectivity index (χ1n) is 9.69. The highest BCUT2D eigenvalue weighted by molar-refractivity contribution is 6.32. The summed E-state index contributed by atoms with van der Waals surface area (Å²) < 4.78 is 16.4. The molecule has 1 saturated heterocycles. The molecule has 5 nitrogen and oxygen atoms in total. The van der Waals surface area contributed by atoms with Gasteiger partial charge < -0.3 is 13.9 Å². The number of rotatable bonds is 5. The molecule has 0 saturated carbocycles. The maximum absolute atomic E-state index is 12.2. The third kappa shape index (κ3) is 3.85. The molecule has 1 atom stereocenters. The molecule has 1 aromatic heterocycles. The molecular weight excluding hydrogens is 390 g/mol. The second-order valence-corrected chi connectivity index (χ2v) is 7.83. The van der Waals surface area contributed by atoms with E-state index in [0.29, 0.717) is 17.2 Å². The number of likely N-dealkylation sites (tertiary alicyclic amines) is 1. The van der Waals surface area contributed by atoms with Gasteiger partial charge in [-0.05, 0) is 67.8 Å². The fourth-order valence-corrected chi connectivity index (χ4v) is 4.33. The van der Waals surface area contributed by atoms with Gasteiger partial charge >= 0.3 is 5.63 Å². The summed E-state index contributed by atoms with van der Waals surface area (Å²) in [4.78, 5) is 14.5. The molecule has 0 spiro atoms. The third-order valence-electron chi connectivity index (χ3n) is 5.64. The Kier molecular flexibility index (Phi) is 5.52. The fourth-order valence-electron chi connectivity index (χ4n) is 4.17. The highest BCUT2D eigenvalue weighted by atomic mass is 35.5. The molecule has 29 heavy (non-hydrogen) atoms. The average Bonchev–Trinajstić information content (AvgIpc) is 3.17. The van der Waals surface area contributed by atoms with Crippen LogP contribution in [0, 0.1) is 6.92 Å². The van der Waals surface area contributed by atoms with E-state index in [1.54, 1.807) is 20.3 Å². The normalized spacial score (nSPS) is 17.0. The molecule has 0 radical (unpaired) electrons. The molecule has 6 heteroatoms. The molecular formula is C23H24ClNO4. The summed E-state index contributed by atoms with van der Waals surface area (Å²) in [6.45, 7) is 3.47. The van der Waals surface area contributed by atoms with Crippen LogP contribution >= 0.6 is 11.6 Å². The van der Waals surface area contributed by atoms with E-state index in [4.69, 9.17) is 25.5 Å². The van der Waals surface area contributed by atoms with Crippen LogP contribution in [0.1, 0.15) is 35.6 Å². The summed E-state index contributed by atoms with van der Waals surface area (Å²) in [6.07, 6.45) is 2.09. The Bertz CT molecular complexity index is 1110. The summed E-state index contributed by atoms with van der Waals surface area (Å²) in [5.41, 5.74) is 3.14. The molecule has 0 unspecified atom stereocenters. The SMILES string of the molecule is COc1ccc(OC)c([C@@H]2CCCN2Cc2cc(=O)oc3cc(C)c(Cl)cc23)c1. The highest BCUT2D eigenvalue weighted by Crippen LogP contribution is 2.40. The lowest BCUT2D eigenvalue weighted by Crippen LogP contribution is -2.24. The van der Waals surface area contributed by atoms with Gasteiger partial charge in [-0.1, -0.05) is 11.6 Å². The van der Waals surface area contributed by atoms with E-state index in [1.807, 2.05) is 37.3 Å². The predicted molar refractivity (Wildman–Crippen MR) is 114 cm³/mol. The molecule has 2 heterocycles. The Balaban J connectivity index is 1.73. The van der Waals surface area contributed by atoms with E-state index < -0.39 is 0 Å². The van der Waals surface area contributed by atoms with E-state index in [2.05, 4.69) is 4.90 Å². The minimum Gasteiger partial charge on any atom is -0.497 e. The summed E-state index contributed by atoms with van der Waals surface area (Å²) in [5.74, 6) is 1.65. The Morgan fingerprint density at radius 3 is 2.76 bits per heavy atom. The number of methoxy groups -OCH3 is 2. The molecule has 0 amide bonds. The molecule has 3 aromatic rings. The van der Waals surface area contributed by atoms with Gasteiger partial charge in [-0.3, -0.25) is 4.90 Å². The maximum Gasteiger partial charge on any atom is 0.336 e. The second-order valence-electron chi connectivity index (χ2n) is 7.42. The van der Waals surface area contributed by atoms with Gasteiger partial charge in [0.1, 0.15) is 17.1 Å². The zero-order valence-corrected chi connectivity index (χ0v) is 17.6. The Morgan fingerprint density at radius 2 is 2.00 bits per heavy atom. The predicted octanol–water partition coefficient (Wildman–Crippen LogP) is 5.11. The van der Waals surface area contributed by atoms with Crippen LogP contribution in [0.5, 0.6) is 11.5 Å². The first-order chi connectivity index (χ1) is 14.0. The van der Waals surface area contributed by atoms with Crippen LogP contribution in [0.15, 0.2) is 45.6 Å². The van der Waals surface area contributed by atoms with E-state index in [9.17, 15) is 4.79 Å².